The standard InChI is InChI=1S/C40H46NO2PS/c1-37(2,3)23-13-15-25(16-14-23)41-28-19-17-26(39(7,8)9)32-34(28)44(45)35-29(41)20-18-27(40(10,11)12)33(35)43-31-22-24(38(4,5)6)21-30(42-32)36(31)44/h13-22H,1-12H3. The van der Waals surface area contributed by atoms with Gasteiger partial charge in [-0.1, -0.05) is 119 Å². The maximum atomic E-state index is 7.19. The summed E-state index contributed by atoms with van der Waals surface area (Å²) in [6.07, 6.45) is 0. The molecule has 0 bridgehead atoms. The van der Waals surface area contributed by atoms with Crippen LogP contribution in [0.5, 0.6) is 23.0 Å². The molecule has 3 aliphatic rings. The second kappa shape index (κ2) is 9.26. The minimum atomic E-state index is -2.60. The van der Waals surface area contributed by atoms with Crippen molar-refractivity contribution in [2.24, 2.45) is 0 Å². The summed E-state index contributed by atoms with van der Waals surface area (Å²) in [7, 11) is 0. The molecule has 234 valence electrons. The first-order valence-electron chi connectivity index (χ1n) is 16.1. The molecule has 3 nitrogen and oxygen atoms in total. The van der Waals surface area contributed by atoms with Crippen LogP contribution in [0.1, 0.15) is 105 Å². The van der Waals surface area contributed by atoms with Crippen molar-refractivity contribution in [3.63, 3.8) is 0 Å². The molecule has 3 aliphatic heterocycles. The number of hydrogen-bond acceptors (Lipinski definition) is 4. The van der Waals surface area contributed by atoms with Gasteiger partial charge < -0.3 is 14.4 Å². The van der Waals surface area contributed by atoms with Crippen molar-refractivity contribution in [1.82, 2.24) is 0 Å². The monoisotopic (exact) mass is 635 g/mol. The first-order chi connectivity index (χ1) is 20.7. The molecule has 0 N–H and O–H groups in total. The highest BCUT2D eigenvalue weighted by Crippen LogP contribution is 2.67. The minimum Gasteiger partial charge on any atom is -0.455 e. The zero-order valence-corrected chi connectivity index (χ0v) is 30.6. The Morgan fingerprint density at radius 3 is 1.31 bits per heavy atom. The summed E-state index contributed by atoms with van der Waals surface area (Å²) in [5.74, 6) is 3.58. The second-order valence-electron chi connectivity index (χ2n) is 17.1. The van der Waals surface area contributed by atoms with Crippen LogP contribution in [0.25, 0.3) is 0 Å². The molecule has 5 heteroatoms. The molecule has 0 atom stereocenters. The Balaban J connectivity index is 1.64. The Labute approximate surface area is 275 Å². The summed E-state index contributed by atoms with van der Waals surface area (Å²) in [5, 5.41) is 3.38. The lowest BCUT2D eigenvalue weighted by molar-refractivity contribution is 0.438. The molecule has 0 saturated carbocycles. The summed E-state index contributed by atoms with van der Waals surface area (Å²) in [6, 6.07) is 20.0. The Bertz CT molecular complexity index is 1860. The van der Waals surface area contributed by atoms with Gasteiger partial charge in [-0.15, -0.1) is 0 Å². The van der Waals surface area contributed by atoms with Crippen LogP contribution in [-0.4, -0.2) is 0 Å². The van der Waals surface area contributed by atoms with Gasteiger partial charge in [-0.05, 0) is 69.2 Å². The molecule has 0 saturated heterocycles. The van der Waals surface area contributed by atoms with Gasteiger partial charge >= 0.3 is 0 Å². The van der Waals surface area contributed by atoms with E-state index >= 15 is 0 Å². The molecule has 7 rings (SSSR count). The second-order valence-corrected chi connectivity index (χ2v) is 21.3. The zero-order chi connectivity index (χ0) is 32.6. The van der Waals surface area contributed by atoms with E-state index in [0.717, 1.165) is 56.0 Å². The molecule has 4 aromatic rings. The molecule has 0 radical (unpaired) electrons. The van der Waals surface area contributed by atoms with Gasteiger partial charge in [-0.2, -0.15) is 0 Å². The van der Waals surface area contributed by atoms with E-state index in [2.05, 4.69) is 149 Å². The third-order valence-corrected chi connectivity index (χ3v) is 14.4. The van der Waals surface area contributed by atoms with Crippen molar-refractivity contribution in [3.05, 3.63) is 82.9 Å². The smallest absolute Gasteiger partial charge is 0.142 e. The first-order valence-corrected chi connectivity index (χ1v) is 18.9. The highest BCUT2D eigenvalue weighted by atomic mass is 32.4. The molecule has 0 unspecified atom stereocenters. The SMILES string of the molecule is CC(C)(C)c1ccc(N2c3ccc(C(C)(C)C)c4c3P3(=S)c5c(cc(C(C)(C)C)cc5Oc5c(C(C)(C)C)ccc2c53)O4)cc1. The third-order valence-electron chi connectivity index (χ3n) is 9.58. The molecule has 4 aromatic carbocycles. The Morgan fingerprint density at radius 1 is 0.511 bits per heavy atom. The molecule has 0 fully saturated rings. The Hall–Kier alpha value is -3.07. The van der Waals surface area contributed by atoms with E-state index in [1.165, 1.54) is 22.3 Å². The predicted molar refractivity (Wildman–Crippen MR) is 196 cm³/mol. The maximum Gasteiger partial charge on any atom is 0.142 e. The van der Waals surface area contributed by atoms with E-state index < -0.39 is 6.04 Å². The molecule has 45 heavy (non-hydrogen) atoms. The number of benzene rings is 4. The van der Waals surface area contributed by atoms with Gasteiger partial charge in [0.05, 0.1) is 33.3 Å². The van der Waals surface area contributed by atoms with Crippen molar-refractivity contribution < 1.29 is 9.47 Å². The summed E-state index contributed by atoms with van der Waals surface area (Å²) >= 11 is 7.19. The molecular formula is C40H46NO2PS. The molecule has 3 heterocycles. The van der Waals surface area contributed by atoms with Gasteiger partial charge in [0.25, 0.3) is 0 Å². The molecule has 0 spiro atoms. The van der Waals surface area contributed by atoms with E-state index in [1.54, 1.807) is 0 Å². The fourth-order valence-corrected chi connectivity index (χ4v) is 12.0. The molecule has 0 aliphatic carbocycles. The Kier molecular flexibility index (Phi) is 6.29. The van der Waals surface area contributed by atoms with Crippen molar-refractivity contribution >= 4 is 50.8 Å². The van der Waals surface area contributed by atoms with Crippen LogP contribution in [0.3, 0.4) is 0 Å². The van der Waals surface area contributed by atoms with E-state index in [0.29, 0.717) is 0 Å². The highest BCUT2D eigenvalue weighted by molar-refractivity contribution is 8.26. The zero-order valence-electron chi connectivity index (χ0n) is 28.9. The summed E-state index contributed by atoms with van der Waals surface area (Å²) < 4.78 is 14.2. The van der Waals surface area contributed by atoms with Crippen LogP contribution in [0.4, 0.5) is 17.1 Å². The van der Waals surface area contributed by atoms with Crippen molar-refractivity contribution in [2.45, 2.75) is 105 Å². The summed E-state index contributed by atoms with van der Waals surface area (Å²) in [6.45, 7) is 27.1. The van der Waals surface area contributed by atoms with Gasteiger partial charge in [0.1, 0.15) is 23.0 Å². The summed E-state index contributed by atoms with van der Waals surface area (Å²) in [5.41, 5.74) is 7.92. The number of anilines is 3. The van der Waals surface area contributed by atoms with Crippen LogP contribution in [-0.2, 0) is 33.5 Å². The Morgan fingerprint density at radius 2 is 0.933 bits per heavy atom. The van der Waals surface area contributed by atoms with Crippen LogP contribution in [0.2, 0.25) is 0 Å². The first kappa shape index (κ1) is 30.6. The highest BCUT2D eigenvalue weighted by Gasteiger charge is 2.52. The number of hydrogen-bond donors (Lipinski definition) is 0. The molecular weight excluding hydrogens is 589 g/mol. The van der Waals surface area contributed by atoms with Crippen molar-refractivity contribution in [1.29, 1.82) is 0 Å². The minimum absolute atomic E-state index is 0.0659. The van der Waals surface area contributed by atoms with Crippen LogP contribution >= 0.6 is 6.04 Å². The van der Waals surface area contributed by atoms with E-state index in [-0.39, 0.29) is 21.7 Å². The lowest BCUT2D eigenvalue weighted by Gasteiger charge is -2.48. The largest absolute Gasteiger partial charge is 0.455 e. The van der Waals surface area contributed by atoms with Gasteiger partial charge in [0.15, 0.2) is 0 Å². The number of ether oxygens (including phenoxy) is 2. The normalized spacial score (nSPS) is 16.1. The maximum absolute atomic E-state index is 7.19. The number of rotatable bonds is 1. The average molecular weight is 636 g/mol. The molecule has 0 amide bonds. The van der Waals surface area contributed by atoms with Crippen molar-refractivity contribution in [3.8, 4) is 23.0 Å². The van der Waals surface area contributed by atoms with Gasteiger partial charge in [-0.3, -0.25) is 0 Å². The molecule has 0 aromatic heterocycles. The van der Waals surface area contributed by atoms with Gasteiger partial charge in [-0.25, -0.2) is 0 Å². The van der Waals surface area contributed by atoms with E-state index in [4.69, 9.17) is 21.3 Å². The van der Waals surface area contributed by atoms with Crippen LogP contribution in [0, 0.1) is 0 Å². The van der Waals surface area contributed by atoms with Crippen LogP contribution < -0.4 is 30.3 Å². The van der Waals surface area contributed by atoms with Gasteiger partial charge in [0, 0.05) is 16.8 Å². The van der Waals surface area contributed by atoms with E-state index in [9.17, 15) is 0 Å². The lowest BCUT2D eigenvalue weighted by atomic mass is 9.85. The van der Waals surface area contributed by atoms with E-state index in [1.807, 2.05) is 0 Å². The predicted octanol–water partition coefficient (Wildman–Crippen LogP) is 10.6. The topological polar surface area (TPSA) is 21.7 Å². The van der Waals surface area contributed by atoms with Crippen LogP contribution in [0.15, 0.2) is 60.7 Å². The quantitative estimate of drug-likeness (QED) is 0.167. The summed E-state index contributed by atoms with van der Waals surface area (Å²) in [4.78, 5) is 2.40. The lowest BCUT2D eigenvalue weighted by Crippen LogP contribution is -2.44. The average Bonchev–Trinajstić information content (AvgIpc) is 2.90. The van der Waals surface area contributed by atoms with Gasteiger partial charge in [0.2, 0.25) is 0 Å². The van der Waals surface area contributed by atoms with Crippen molar-refractivity contribution in [2.75, 3.05) is 4.90 Å². The number of nitrogens with zero attached hydrogens (tertiary/aromatic N) is 1. The fourth-order valence-electron chi connectivity index (χ4n) is 7.03. The fraction of sp³-hybridized carbons (Fsp3) is 0.400. The third kappa shape index (κ3) is 4.39.